The number of anilines is 3. The van der Waals surface area contributed by atoms with Crippen LogP contribution in [0.5, 0.6) is 0 Å². The van der Waals surface area contributed by atoms with Crippen molar-refractivity contribution in [3.63, 3.8) is 0 Å². The van der Waals surface area contributed by atoms with Gasteiger partial charge in [0.2, 0.25) is 0 Å². The Morgan fingerprint density at radius 1 is 1.13 bits per heavy atom. The summed E-state index contributed by atoms with van der Waals surface area (Å²) < 4.78 is 6.90. The van der Waals surface area contributed by atoms with E-state index in [-0.39, 0.29) is 0 Å². The molecule has 0 radical (unpaired) electrons. The van der Waals surface area contributed by atoms with Crippen molar-refractivity contribution in [2.45, 2.75) is 20.8 Å². The largest absolute Gasteiger partial charge is 0.423 e. The molecule has 0 saturated heterocycles. The molecule has 0 unspecified atom stereocenters. The number of nitrogens with two attached hydrogens (primary N) is 1. The number of fused-ring (bicyclic) bond motifs is 2. The van der Waals surface area contributed by atoms with Crippen molar-refractivity contribution in [1.29, 1.82) is 0 Å². The average molecular weight is 324 g/mol. The summed E-state index contributed by atoms with van der Waals surface area (Å²) in [6.45, 7) is 6.12. The molecule has 23 heavy (non-hydrogen) atoms. The number of aryl methyl sites for hydroxylation is 3. The lowest BCUT2D eigenvalue weighted by Gasteiger charge is -1.97. The number of rotatable bonds is 2. The number of thiazole rings is 1. The van der Waals surface area contributed by atoms with Gasteiger partial charge in [-0.3, -0.25) is 5.32 Å². The topological polar surface area (TPSA) is 77.0 Å². The number of oxazole rings is 1. The highest BCUT2D eigenvalue weighted by molar-refractivity contribution is 7.22. The first-order valence-corrected chi connectivity index (χ1v) is 8.13. The molecular formula is C17H16N4OS. The highest BCUT2D eigenvalue weighted by Gasteiger charge is 2.13. The zero-order chi connectivity index (χ0) is 16.1. The maximum Gasteiger partial charge on any atom is 0.302 e. The molecule has 3 N–H and O–H groups in total. The molecule has 6 heteroatoms. The maximum absolute atomic E-state index is 6.04. The third-order valence-electron chi connectivity index (χ3n) is 3.96. The molecule has 0 saturated carbocycles. The minimum absolute atomic E-state index is 0.447. The molecule has 0 atom stereocenters. The van der Waals surface area contributed by atoms with E-state index in [0.29, 0.717) is 11.7 Å². The fraction of sp³-hybridized carbons (Fsp3) is 0.176. The Bertz CT molecular complexity index is 1050. The monoisotopic (exact) mass is 324 g/mol. The first-order valence-electron chi connectivity index (χ1n) is 7.31. The van der Waals surface area contributed by atoms with Crippen LogP contribution in [0, 0.1) is 20.8 Å². The number of nitrogens with zero attached hydrogens (tertiary/aromatic N) is 2. The summed E-state index contributed by atoms with van der Waals surface area (Å²) in [5.41, 5.74) is 12.6. The molecule has 2 heterocycles. The highest BCUT2D eigenvalue weighted by atomic mass is 32.1. The van der Waals surface area contributed by atoms with Crippen LogP contribution in [-0.4, -0.2) is 9.97 Å². The smallest absolute Gasteiger partial charge is 0.302 e. The van der Waals surface area contributed by atoms with Crippen LogP contribution in [-0.2, 0) is 0 Å². The van der Waals surface area contributed by atoms with E-state index in [0.717, 1.165) is 37.6 Å². The van der Waals surface area contributed by atoms with Gasteiger partial charge in [0.05, 0.1) is 10.4 Å². The Hall–Kier alpha value is -2.60. The predicted octanol–water partition coefficient (Wildman–Crippen LogP) is 4.69. The molecule has 0 fully saturated rings. The van der Waals surface area contributed by atoms with E-state index in [4.69, 9.17) is 10.2 Å². The number of hydrogen-bond acceptors (Lipinski definition) is 6. The summed E-state index contributed by atoms with van der Waals surface area (Å²) in [6.07, 6.45) is 0. The van der Waals surface area contributed by atoms with Crippen molar-refractivity contribution in [2.24, 2.45) is 0 Å². The summed E-state index contributed by atoms with van der Waals surface area (Å²) in [6, 6.07) is 8.46. The molecular weight excluding hydrogens is 308 g/mol. The standard InChI is InChI=1S/C17H16N4OS/c1-8-6-11(18)14-13(7-8)23-17(20-14)21-16-19-12-5-4-9(2)10(3)15(12)22-16/h4-7H,18H2,1-3H3,(H,19,20,21). The first-order chi connectivity index (χ1) is 11.0. The average Bonchev–Trinajstić information content (AvgIpc) is 3.07. The number of benzene rings is 2. The van der Waals surface area contributed by atoms with Gasteiger partial charge in [0.15, 0.2) is 10.7 Å². The molecule has 0 bridgehead atoms. The van der Waals surface area contributed by atoms with Crippen molar-refractivity contribution in [3.8, 4) is 0 Å². The van der Waals surface area contributed by atoms with Crippen molar-refractivity contribution >= 4 is 49.5 Å². The van der Waals surface area contributed by atoms with Gasteiger partial charge in [0, 0.05) is 0 Å². The SMILES string of the molecule is Cc1cc(N)c2nc(Nc3nc4ccc(C)c(C)c4o3)sc2c1. The highest BCUT2D eigenvalue weighted by Crippen LogP contribution is 2.33. The van der Waals surface area contributed by atoms with Gasteiger partial charge in [-0.1, -0.05) is 17.4 Å². The lowest BCUT2D eigenvalue weighted by Crippen LogP contribution is -1.90. The lowest BCUT2D eigenvalue weighted by molar-refractivity contribution is 0.620. The van der Waals surface area contributed by atoms with E-state index in [1.54, 1.807) is 0 Å². The zero-order valence-corrected chi connectivity index (χ0v) is 13.9. The molecule has 0 spiro atoms. The van der Waals surface area contributed by atoms with Crippen LogP contribution in [0.1, 0.15) is 16.7 Å². The van der Waals surface area contributed by atoms with Gasteiger partial charge in [-0.05, 0) is 55.7 Å². The predicted molar refractivity (Wildman–Crippen MR) is 95.5 cm³/mol. The maximum atomic E-state index is 6.04. The van der Waals surface area contributed by atoms with Crippen molar-refractivity contribution in [1.82, 2.24) is 9.97 Å². The van der Waals surface area contributed by atoms with E-state index < -0.39 is 0 Å². The molecule has 116 valence electrons. The number of nitrogen functional groups attached to an aromatic ring is 1. The van der Waals surface area contributed by atoms with Crippen LogP contribution >= 0.6 is 11.3 Å². The molecule has 0 aliphatic rings. The van der Waals surface area contributed by atoms with Gasteiger partial charge in [0.1, 0.15) is 11.0 Å². The third kappa shape index (κ3) is 2.31. The van der Waals surface area contributed by atoms with Crippen LogP contribution in [0.3, 0.4) is 0 Å². The molecule has 0 aliphatic carbocycles. The third-order valence-corrected chi connectivity index (χ3v) is 4.88. The summed E-state index contributed by atoms with van der Waals surface area (Å²) in [5.74, 6) is 0. The van der Waals surface area contributed by atoms with Crippen molar-refractivity contribution in [2.75, 3.05) is 11.1 Å². The van der Waals surface area contributed by atoms with Crippen molar-refractivity contribution in [3.05, 3.63) is 41.0 Å². The fourth-order valence-corrected chi connectivity index (χ4v) is 3.61. The molecule has 2 aromatic carbocycles. The molecule has 2 aromatic heterocycles. The van der Waals surface area contributed by atoms with Gasteiger partial charge in [-0.2, -0.15) is 4.98 Å². The summed E-state index contributed by atoms with van der Waals surface area (Å²) in [4.78, 5) is 9.02. The minimum Gasteiger partial charge on any atom is -0.423 e. The second kappa shape index (κ2) is 4.96. The number of nitrogens with one attached hydrogen (secondary N) is 1. The van der Waals surface area contributed by atoms with Crippen LogP contribution in [0.15, 0.2) is 28.7 Å². The Kier molecular flexibility index (Phi) is 3.02. The second-order valence-corrected chi connectivity index (χ2v) is 6.75. The quantitative estimate of drug-likeness (QED) is 0.523. The Labute approximate surface area is 137 Å². The molecule has 5 nitrogen and oxygen atoms in total. The zero-order valence-electron chi connectivity index (χ0n) is 13.1. The first kappa shape index (κ1) is 14.0. The number of hydrogen-bond donors (Lipinski definition) is 2. The molecule has 0 amide bonds. The van der Waals surface area contributed by atoms with Gasteiger partial charge in [0.25, 0.3) is 0 Å². The van der Waals surface area contributed by atoms with Gasteiger partial charge < -0.3 is 10.2 Å². The van der Waals surface area contributed by atoms with Gasteiger partial charge >= 0.3 is 6.01 Å². The summed E-state index contributed by atoms with van der Waals surface area (Å²) in [7, 11) is 0. The van der Waals surface area contributed by atoms with E-state index in [1.807, 2.05) is 32.0 Å². The van der Waals surface area contributed by atoms with E-state index in [2.05, 4.69) is 28.3 Å². The van der Waals surface area contributed by atoms with Gasteiger partial charge in [-0.25, -0.2) is 4.98 Å². The molecule has 0 aliphatic heterocycles. The molecule has 4 rings (SSSR count). The minimum atomic E-state index is 0.447. The van der Waals surface area contributed by atoms with Crippen molar-refractivity contribution < 1.29 is 4.42 Å². The van der Waals surface area contributed by atoms with Crippen LogP contribution in [0.2, 0.25) is 0 Å². The number of aromatic nitrogens is 2. The molecule has 4 aromatic rings. The Morgan fingerprint density at radius 3 is 2.78 bits per heavy atom. The fourth-order valence-electron chi connectivity index (χ4n) is 2.62. The Balaban J connectivity index is 1.76. The lowest BCUT2D eigenvalue weighted by atomic mass is 10.1. The van der Waals surface area contributed by atoms with Crippen LogP contribution < -0.4 is 11.1 Å². The second-order valence-electron chi connectivity index (χ2n) is 5.72. The van der Waals surface area contributed by atoms with Crippen LogP contribution in [0.4, 0.5) is 16.8 Å². The Morgan fingerprint density at radius 2 is 1.96 bits per heavy atom. The summed E-state index contributed by atoms with van der Waals surface area (Å²) >= 11 is 1.54. The van der Waals surface area contributed by atoms with Gasteiger partial charge in [-0.15, -0.1) is 0 Å². The summed E-state index contributed by atoms with van der Waals surface area (Å²) in [5, 5.41) is 3.87. The normalized spacial score (nSPS) is 11.4. The van der Waals surface area contributed by atoms with E-state index in [1.165, 1.54) is 16.9 Å². The van der Waals surface area contributed by atoms with E-state index in [9.17, 15) is 0 Å². The van der Waals surface area contributed by atoms with Crippen LogP contribution in [0.25, 0.3) is 21.3 Å². The van der Waals surface area contributed by atoms with E-state index >= 15 is 0 Å².